The molecule has 10 heteroatoms. The highest BCUT2D eigenvalue weighted by atomic mass is 32.2. The molecule has 0 aliphatic rings. The van der Waals surface area contributed by atoms with Crippen molar-refractivity contribution in [3.63, 3.8) is 0 Å². The molecule has 0 radical (unpaired) electrons. The zero-order chi connectivity index (χ0) is 22.7. The minimum atomic E-state index is -3.77. The minimum absolute atomic E-state index is 0.00563. The minimum Gasteiger partial charge on any atom is -0.258 e. The standard InChI is InChI=1S/C22H17N5O4S/c23-32(30,31)21-12-6-18(7-13-21)24-14-17-15-26(19-8-10-20(11-9-19)27(28)29)25-22(17)16-4-2-1-3-5-16/h1-15H,(H2,23,30,31). The van der Waals surface area contributed by atoms with Crippen LogP contribution in [0.1, 0.15) is 5.56 Å². The number of nitro benzene ring substituents is 1. The van der Waals surface area contributed by atoms with E-state index in [-0.39, 0.29) is 10.6 Å². The summed E-state index contributed by atoms with van der Waals surface area (Å²) in [6.07, 6.45) is 3.40. The summed E-state index contributed by atoms with van der Waals surface area (Å²) in [5.74, 6) is 0. The number of benzene rings is 3. The molecule has 3 aromatic carbocycles. The summed E-state index contributed by atoms with van der Waals surface area (Å²) in [4.78, 5) is 14.9. The van der Waals surface area contributed by atoms with E-state index in [0.29, 0.717) is 22.6 Å². The third kappa shape index (κ3) is 4.61. The number of aromatic nitrogens is 2. The summed E-state index contributed by atoms with van der Waals surface area (Å²) in [5.41, 5.74) is 3.46. The van der Waals surface area contributed by atoms with E-state index in [1.165, 1.54) is 24.3 Å². The lowest BCUT2D eigenvalue weighted by Crippen LogP contribution is -2.11. The van der Waals surface area contributed by atoms with Crippen LogP contribution in [-0.4, -0.2) is 29.3 Å². The molecule has 0 fully saturated rings. The second-order valence-corrected chi connectivity index (χ2v) is 8.38. The normalized spacial score (nSPS) is 11.7. The average Bonchev–Trinajstić information content (AvgIpc) is 3.22. The first-order valence-electron chi connectivity index (χ1n) is 9.38. The fourth-order valence-corrected chi connectivity index (χ4v) is 3.54. The van der Waals surface area contributed by atoms with Gasteiger partial charge in [0.25, 0.3) is 5.69 Å². The van der Waals surface area contributed by atoms with Crippen LogP contribution in [0.5, 0.6) is 0 Å². The van der Waals surface area contributed by atoms with Crippen LogP contribution in [-0.2, 0) is 10.0 Å². The van der Waals surface area contributed by atoms with Gasteiger partial charge < -0.3 is 0 Å². The van der Waals surface area contributed by atoms with E-state index in [4.69, 9.17) is 5.14 Å². The van der Waals surface area contributed by atoms with Crippen LogP contribution in [0, 0.1) is 10.1 Å². The van der Waals surface area contributed by atoms with E-state index in [2.05, 4.69) is 10.1 Å². The highest BCUT2D eigenvalue weighted by Crippen LogP contribution is 2.24. The number of hydrogen-bond acceptors (Lipinski definition) is 6. The molecule has 0 saturated carbocycles. The Hall–Kier alpha value is -4.15. The van der Waals surface area contributed by atoms with Crippen LogP contribution < -0.4 is 5.14 Å². The SMILES string of the molecule is NS(=O)(=O)c1ccc(N=Cc2cn(-c3ccc([N+](=O)[O-])cc3)nc2-c2ccccc2)cc1. The van der Waals surface area contributed by atoms with Crippen molar-refractivity contribution in [1.29, 1.82) is 0 Å². The van der Waals surface area contributed by atoms with E-state index >= 15 is 0 Å². The number of nitro groups is 1. The molecule has 1 aromatic heterocycles. The third-order valence-corrected chi connectivity index (χ3v) is 5.56. The Kier molecular flexibility index (Phi) is 5.63. The largest absolute Gasteiger partial charge is 0.269 e. The lowest BCUT2D eigenvalue weighted by molar-refractivity contribution is -0.384. The molecule has 0 aliphatic heterocycles. The monoisotopic (exact) mass is 447 g/mol. The summed E-state index contributed by atoms with van der Waals surface area (Å²) < 4.78 is 24.4. The Morgan fingerprint density at radius 3 is 2.22 bits per heavy atom. The number of nitrogens with zero attached hydrogens (tertiary/aromatic N) is 4. The second-order valence-electron chi connectivity index (χ2n) is 6.81. The maximum Gasteiger partial charge on any atom is 0.269 e. The predicted molar refractivity (Wildman–Crippen MR) is 121 cm³/mol. The Morgan fingerprint density at radius 1 is 0.969 bits per heavy atom. The molecule has 1 heterocycles. The molecule has 0 saturated heterocycles. The van der Waals surface area contributed by atoms with Crippen LogP contribution in [0.3, 0.4) is 0 Å². The van der Waals surface area contributed by atoms with Gasteiger partial charge in [0, 0.05) is 35.7 Å². The third-order valence-electron chi connectivity index (χ3n) is 4.63. The predicted octanol–water partition coefficient (Wildman–Crippen LogP) is 3.85. The first kappa shape index (κ1) is 21.1. The molecule has 32 heavy (non-hydrogen) atoms. The van der Waals surface area contributed by atoms with Crippen LogP contribution in [0.15, 0.2) is 94.9 Å². The molecule has 4 rings (SSSR count). The molecule has 9 nitrogen and oxygen atoms in total. The molecule has 0 unspecified atom stereocenters. The van der Waals surface area contributed by atoms with Gasteiger partial charge in [-0.1, -0.05) is 30.3 Å². The molecule has 2 N–H and O–H groups in total. The van der Waals surface area contributed by atoms with Crippen molar-refractivity contribution in [3.8, 4) is 16.9 Å². The smallest absolute Gasteiger partial charge is 0.258 e. The topological polar surface area (TPSA) is 133 Å². The van der Waals surface area contributed by atoms with Crippen molar-refractivity contribution in [1.82, 2.24) is 9.78 Å². The molecule has 4 aromatic rings. The van der Waals surface area contributed by atoms with Gasteiger partial charge in [-0.3, -0.25) is 15.1 Å². The number of rotatable bonds is 6. The van der Waals surface area contributed by atoms with Gasteiger partial charge in [0.2, 0.25) is 10.0 Å². The molecule has 0 spiro atoms. The Morgan fingerprint density at radius 2 is 1.62 bits per heavy atom. The molecule has 0 amide bonds. The summed E-state index contributed by atoms with van der Waals surface area (Å²) >= 11 is 0. The number of sulfonamides is 1. The number of primary sulfonamides is 1. The van der Waals surface area contributed by atoms with E-state index in [0.717, 1.165) is 5.56 Å². The van der Waals surface area contributed by atoms with Crippen LogP contribution in [0.2, 0.25) is 0 Å². The lowest BCUT2D eigenvalue weighted by Gasteiger charge is -2.01. The van der Waals surface area contributed by atoms with Gasteiger partial charge in [0.1, 0.15) is 5.69 Å². The summed E-state index contributed by atoms with van der Waals surface area (Å²) in [6.45, 7) is 0. The number of non-ortho nitro benzene ring substituents is 1. The molecule has 0 bridgehead atoms. The Labute approximate surface area is 183 Å². The van der Waals surface area contributed by atoms with Crippen molar-refractivity contribution < 1.29 is 13.3 Å². The zero-order valence-electron chi connectivity index (χ0n) is 16.6. The molecule has 0 aliphatic carbocycles. The maximum absolute atomic E-state index is 11.4. The molecular formula is C22H17N5O4S. The summed E-state index contributed by atoms with van der Waals surface area (Å²) in [6, 6.07) is 21.5. The van der Waals surface area contributed by atoms with Gasteiger partial charge in [0.05, 0.1) is 21.2 Å². The highest BCUT2D eigenvalue weighted by Gasteiger charge is 2.12. The quantitative estimate of drug-likeness (QED) is 0.272. The van der Waals surface area contributed by atoms with E-state index in [1.807, 2.05) is 30.3 Å². The van der Waals surface area contributed by atoms with Crippen LogP contribution in [0.25, 0.3) is 16.9 Å². The fraction of sp³-hybridized carbons (Fsp3) is 0. The van der Waals surface area contributed by atoms with Crippen molar-refractivity contribution in [2.45, 2.75) is 4.90 Å². The van der Waals surface area contributed by atoms with E-state index < -0.39 is 14.9 Å². The van der Waals surface area contributed by atoms with Crippen molar-refractivity contribution in [2.24, 2.45) is 10.1 Å². The molecule has 160 valence electrons. The van der Waals surface area contributed by atoms with Gasteiger partial charge in [-0.15, -0.1) is 0 Å². The van der Waals surface area contributed by atoms with Crippen LogP contribution >= 0.6 is 0 Å². The second kappa shape index (κ2) is 8.53. The summed E-state index contributed by atoms with van der Waals surface area (Å²) in [5, 5.41) is 20.7. The number of hydrogen-bond donors (Lipinski definition) is 1. The first-order valence-corrected chi connectivity index (χ1v) is 10.9. The van der Waals surface area contributed by atoms with Crippen molar-refractivity contribution >= 4 is 27.6 Å². The van der Waals surface area contributed by atoms with Crippen LogP contribution in [0.4, 0.5) is 11.4 Å². The van der Waals surface area contributed by atoms with Gasteiger partial charge >= 0.3 is 0 Å². The van der Waals surface area contributed by atoms with Gasteiger partial charge in [0.15, 0.2) is 0 Å². The average molecular weight is 447 g/mol. The summed E-state index contributed by atoms with van der Waals surface area (Å²) in [7, 11) is -3.77. The number of nitrogens with two attached hydrogens (primary N) is 1. The first-order chi connectivity index (χ1) is 15.3. The molecular weight excluding hydrogens is 430 g/mol. The van der Waals surface area contributed by atoms with Gasteiger partial charge in [-0.2, -0.15) is 5.10 Å². The van der Waals surface area contributed by atoms with E-state index in [9.17, 15) is 18.5 Å². The lowest BCUT2D eigenvalue weighted by atomic mass is 10.1. The van der Waals surface area contributed by atoms with Crippen molar-refractivity contribution in [3.05, 3.63) is 101 Å². The Bertz CT molecular complexity index is 1400. The van der Waals surface area contributed by atoms with Gasteiger partial charge in [-0.25, -0.2) is 18.2 Å². The maximum atomic E-state index is 11.4. The van der Waals surface area contributed by atoms with Gasteiger partial charge in [-0.05, 0) is 36.4 Å². The zero-order valence-corrected chi connectivity index (χ0v) is 17.4. The van der Waals surface area contributed by atoms with Crippen molar-refractivity contribution in [2.75, 3.05) is 0 Å². The highest BCUT2D eigenvalue weighted by molar-refractivity contribution is 7.89. The fourth-order valence-electron chi connectivity index (χ4n) is 3.03. The molecule has 0 atom stereocenters. The Balaban J connectivity index is 1.71. The number of aliphatic imine (C=N–C) groups is 1. The van der Waals surface area contributed by atoms with E-state index in [1.54, 1.807) is 41.4 Å².